The first-order valence-corrected chi connectivity index (χ1v) is 14.2. The predicted molar refractivity (Wildman–Crippen MR) is 157 cm³/mol. The number of rotatable bonds is 10. The Bertz CT molecular complexity index is 1670. The lowest BCUT2D eigenvalue weighted by Gasteiger charge is -2.34. The minimum absolute atomic E-state index is 0.0199. The van der Waals surface area contributed by atoms with Crippen molar-refractivity contribution in [1.82, 2.24) is 24.8 Å². The summed E-state index contributed by atoms with van der Waals surface area (Å²) in [5.74, 6) is 0.178. The molecule has 1 saturated heterocycles. The molecule has 1 aliphatic carbocycles. The highest BCUT2D eigenvalue weighted by Crippen LogP contribution is 2.38. The Labute approximate surface area is 250 Å². The second-order valence-electron chi connectivity index (χ2n) is 10.9. The van der Waals surface area contributed by atoms with E-state index >= 15 is 0 Å². The predicted octanol–water partition coefficient (Wildman–Crippen LogP) is 5.16. The standard InChI is InChI=1S/C30H30F4N8O2/c1-44-26-7-5-20(13-21(26)30(32,33)34)35-15-25(43)19-4-6-22(31)23(12-19)39-28-27-24(37-17-38-28)14-36-29(40-27)42-10-8-41(9-11-42)16-18-2-3-18/h4-7,12-14,17-18,35H,2-3,8-11,15-16H2,1H3,(H,37,38,39). The number of Topliss-reactive ketones (excluding diaryl/α,β-unsaturated/α-hetero) is 1. The van der Waals surface area contributed by atoms with Gasteiger partial charge in [0.05, 0.1) is 31.1 Å². The number of carbonyl (C=O) groups excluding carboxylic acids is 1. The molecule has 2 fully saturated rings. The molecule has 0 amide bonds. The van der Waals surface area contributed by atoms with Crippen LogP contribution in [0.15, 0.2) is 48.9 Å². The number of methoxy groups -OCH3 is 1. The number of fused-ring (bicyclic) bond motifs is 1. The van der Waals surface area contributed by atoms with Gasteiger partial charge in [-0.2, -0.15) is 13.2 Å². The Morgan fingerprint density at radius 1 is 1.05 bits per heavy atom. The highest BCUT2D eigenvalue weighted by Gasteiger charge is 2.34. The van der Waals surface area contributed by atoms with Crippen LogP contribution in [0.5, 0.6) is 5.75 Å². The van der Waals surface area contributed by atoms with Gasteiger partial charge in [0.2, 0.25) is 5.95 Å². The lowest BCUT2D eigenvalue weighted by Crippen LogP contribution is -2.47. The average Bonchev–Trinajstić information content (AvgIpc) is 3.84. The summed E-state index contributed by atoms with van der Waals surface area (Å²) in [4.78, 5) is 35.2. The Kier molecular flexibility index (Phi) is 8.17. The van der Waals surface area contributed by atoms with E-state index in [4.69, 9.17) is 9.72 Å². The van der Waals surface area contributed by atoms with Gasteiger partial charge in [-0.3, -0.25) is 9.69 Å². The van der Waals surface area contributed by atoms with Gasteiger partial charge >= 0.3 is 6.18 Å². The van der Waals surface area contributed by atoms with Crippen LogP contribution in [0.4, 0.5) is 40.7 Å². The zero-order valence-corrected chi connectivity index (χ0v) is 23.9. The van der Waals surface area contributed by atoms with Gasteiger partial charge < -0.3 is 20.3 Å². The van der Waals surface area contributed by atoms with Crippen LogP contribution in [0.2, 0.25) is 0 Å². The van der Waals surface area contributed by atoms with Gasteiger partial charge in [-0.25, -0.2) is 24.3 Å². The van der Waals surface area contributed by atoms with Crippen molar-refractivity contribution in [2.24, 2.45) is 5.92 Å². The quantitative estimate of drug-likeness (QED) is 0.185. The second-order valence-corrected chi connectivity index (χ2v) is 10.9. The smallest absolute Gasteiger partial charge is 0.420 e. The van der Waals surface area contributed by atoms with Crippen LogP contribution < -0.4 is 20.3 Å². The minimum Gasteiger partial charge on any atom is -0.496 e. The van der Waals surface area contributed by atoms with Crippen LogP contribution in [0, 0.1) is 11.7 Å². The molecular formula is C30H30F4N8O2. The van der Waals surface area contributed by atoms with E-state index in [1.54, 1.807) is 6.20 Å². The highest BCUT2D eigenvalue weighted by molar-refractivity contribution is 6.00. The van der Waals surface area contributed by atoms with E-state index in [2.05, 4.69) is 35.4 Å². The molecule has 44 heavy (non-hydrogen) atoms. The summed E-state index contributed by atoms with van der Waals surface area (Å²) in [7, 11) is 1.15. The molecule has 230 valence electrons. The van der Waals surface area contributed by atoms with Crippen LogP contribution in [-0.2, 0) is 6.18 Å². The number of carbonyl (C=O) groups is 1. The number of ether oxygens (including phenoxy) is 1. The van der Waals surface area contributed by atoms with Gasteiger partial charge in [-0.05, 0) is 55.2 Å². The van der Waals surface area contributed by atoms with Crippen LogP contribution in [0.1, 0.15) is 28.8 Å². The van der Waals surface area contributed by atoms with Crippen LogP contribution in [0.3, 0.4) is 0 Å². The molecule has 0 spiro atoms. The third-order valence-electron chi connectivity index (χ3n) is 7.73. The first-order valence-electron chi connectivity index (χ1n) is 14.2. The molecule has 1 aliphatic heterocycles. The number of hydrogen-bond acceptors (Lipinski definition) is 10. The maximum atomic E-state index is 14.9. The number of hydrogen-bond donors (Lipinski definition) is 2. The largest absolute Gasteiger partial charge is 0.496 e. The van der Waals surface area contributed by atoms with Crippen molar-refractivity contribution in [1.29, 1.82) is 0 Å². The molecule has 0 bridgehead atoms. The third kappa shape index (κ3) is 6.64. The Hall–Kier alpha value is -4.59. The summed E-state index contributed by atoms with van der Waals surface area (Å²) in [6.45, 7) is 4.24. The molecule has 0 radical (unpaired) electrons. The van der Waals surface area contributed by atoms with Crippen molar-refractivity contribution in [2.75, 3.05) is 61.9 Å². The van der Waals surface area contributed by atoms with E-state index in [9.17, 15) is 22.4 Å². The Balaban J connectivity index is 1.16. The highest BCUT2D eigenvalue weighted by atomic mass is 19.4. The summed E-state index contributed by atoms with van der Waals surface area (Å²) in [6.07, 6.45) is 0.909. The Morgan fingerprint density at radius 2 is 1.84 bits per heavy atom. The summed E-state index contributed by atoms with van der Waals surface area (Å²) >= 11 is 0. The summed E-state index contributed by atoms with van der Waals surface area (Å²) in [6, 6.07) is 7.18. The van der Waals surface area contributed by atoms with Gasteiger partial charge in [0.1, 0.15) is 28.9 Å². The monoisotopic (exact) mass is 610 g/mol. The number of benzene rings is 2. The van der Waals surface area contributed by atoms with Gasteiger partial charge in [0, 0.05) is 44.0 Å². The van der Waals surface area contributed by atoms with Crippen LogP contribution >= 0.6 is 0 Å². The maximum Gasteiger partial charge on any atom is 0.420 e. The molecule has 0 unspecified atom stereocenters. The zero-order valence-electron chi connectivity index (χ0n) is 23.9. The van der Waals surface area contributed by atoms with E-state index in [-0.39, 0.29) is 35.1 Å². The fourth-order valence-corrected chi connectivity index (χ4v) is 5.13. The SMILES string of the molecule is COc1ccc(NCC(=O)c2ccc(F)c(Nc3ncnc4cnc(N5CCN(CC6CC6)CC5)nc34)c2)cc1C(F)(F)F. The number of aromatic nitrogens is 4. The molecule has 2 aliphatic rings. The molecule has 0 atom stereocenters. The number of alkyl halides is 3. The molecule has 6 rings (SSSR count). The van der Waals surface area contributed by atoms with E-state index in [1.165, 1.54) is 43.4 Å². The summed E-state index contributed by atoms with van der Waals surface area (Å²) in [5.41, 5.74) is 0.103. The average molecular weight is 611 g/mol. The first kappa shape index (κ1) is 29.5. The molecule has 2 N–H and O–H groups in total. The molecule has 3 heterocycles. The van der Waals surface area contributed by atoms with Crippen molar-refractivity contribution >= 4 is 40.0 Å². The molecule has 14 heteroatoms. The van der Waals surface area contributed by atoms with Crippen molar-refractivity contribution in [2.45, 2.75) is 19.0 Å². The fraction of sp³-hybridized carbons (Fsp3) is 0.367. The maximum absolute atomic E-state index is 14.9. The number of nitrogens with one attached hydrogen (secondary N) is 2. The lowest BCUT2D eigenvalue weighted by atomic mass is 10.1. The summed E-state index contributed by atoms with van der Waals surface area (Å²) < 4.78 is 59.8. The Morgan fingerprint density at radius 3 is 2.57 bits per heavy atom. The van der Waals surface area contributed by atoms with Gasteiger partial charge in [0.25, 0.3) is 0 Å². The van der Waals surface area contributed by atoms with E-state index in [1.807, 2.05) is 0 Å². The molecular weight excluding hydrogens is 580 g/mol. The van der Waals surface area contributed by atoms with E-state index < -0.39 is 23.3 Å². The summed E-state index contributed by atoms with van der Waals surface area (Å²) in [5, 5.41) is 5.63. The molecule has 1 saturated carbocycles. The second kappa shape index (κ2) is 12.2. The molecule has 2 aromatic heterocycles. The van der Waals surface area contributed by atoms with Gasteiger partial charge in [-0.1, -0.05) is 0 Å². The number of ketones is 1. The van der Waals surface area contributed by atoms with E-state index in [0.717, 1.165) is 57.9 Å². The zero-order chi connectivity index (χ0) is 30.8. The van der Waals surface area contributed by atoms with Crippen molar-refractivity contribution in [3.63, 3.8) is 0 Å². The van der Waals surface area contributed by atoms with Crippen LogP contribution in [-0.4, -0.2) is 77.0 Å². The van der Waals surface area contributed by atoms with Crippen molar-refractivity contribution in [3.8, 4) is 5.75 Å². The minimum atomic E-state index is -4.63. The van der Waals surface area contributed by atoms with Crippen molar-refractivity contribution < 1.29 is 27.1 Å². The third-order valence-corrected chi connectivity index (χ3v) is 7.73. The number of halogens is 4. The van der Waals surface area contributed by atoms with Crippen LogP contribution in [0.25, 0.3) is 11.0 Å². The topological polar surface area (TPSA) is 108 Å². The van der Waals surface area contributed by atoms with Gasteiger partial charge in [0.15, 0.2) is 11.6 Å². The first-order chi connectivity index (χ1) is 21.2. The van der Waals surface area contributed by atoms with Crippen molar-refractivity contribution in [3.05, 3.63) is 65.9 Å². The molecule has 4 aromatic rings. The normalized spacial score (nSPS) is 15.8. The molecule has 2 aromatic carbocycles. The number of nitrogens with zero attached hydrogens (tertiary/aromatic N) is 6. The van der Waals surface area contributed by atoms with E-state index in [0.29, 0.717) is 17.0 Å². The van der Waals surface area contributed by atoms with Gasteiger partial charge in [-0.15, -0.1) is 0 Å². The fourth-order valence-electron chi connectivity index (χ4n) is 5.13. The lowest BCUT2D eigenvalue weighted by molar-refractivity contribution is -0.138. The number of piperazine rings is 1. The number of anilines is 4. The molecule has 10 nitrogen and oxygen atoms in total.